The maximum atomic E-state index is 11.9. The topological polar surface area (TPSA) is 75.6 Å². The third kappa shape index (κ3) is 6.16. The number of carbonyl (C=O) groups is 2. The van der Waals surface area contributed by atoms with Crippen LogP contribution in [-0.4, -0.2) is 29.6 Å². The summed E-state index contributed by atoms with van der Waals surface area (Å²) in [6, 6.07) is 7.70. The molecule has 5 nitrogen and oxygen atoms in total. The summed E-state index contributed by atoms with van der Waals surface area (Å²) in [6.07, 6.45) is -0.170. The van der Waals surface area contributed by atoms with Gasteiger partial charge in [0, 0.05) is 13.0 Å². The molecule has 0 saturated heterocycles. The molecule has 2 N–H and O–H groups in total. The van der Waals surface area contributed by atoms with Crippen molar-refractivity contribution in [3.8, 4) is 5.75 Å². The number of carboxylic acid groups (broad SMARTS) is 1. The van der Waals surface area contributed by atoms with E-state index in [-0.39, 0.29) is 17.7 Å². The van der Waals surface area contributed by atoms with Gasteiger partial charge in [0.25, 0.3) is 5.91 Å². The van der Waals surface area contributed by atoms with Crippen molar-refractivity contribution in [2.75, 3.05) is 6.54 Å². The van der Waals surface area contributed by atoms with Gasteiger partial charge in [-0.2, -0.15) is 0 Å². The van der Waals surface area contributed by atoms with Gasteiger partial charge in [-0.25, -0.2) is 0 Å². The van der Waals surface area contributed by atoms with E-state index in [4.69, 9.17) is 9.84 Å². The molecule has 0 aliphatic heterocycles. The summed E-state index contributed by atoms with van der Waals surface area (Å²) in [7, 11) is 0. The zero-order valence-corrected chi connectivity index (χ0v) is 13.7. The molecule has 0 saturated carbocycles. The second-order valence-electron chi connectivity index (χ2n) is 6.33. The summed E-state index contributed by atoms with van der Waals surface area (Å²) in [4.78, 5) is 22.3. The van der Waals surface area contributed by atoms with Crippen LogP contribution in [0.4, 0.5) is 0 Å². The van der Waals surface area contributed by atoms with Crippen molar-refractivity contribution in [3.63, 3.8) is 0 Å². The monoisotopic (exact) mass is 307 g/mol. The van der Waals surface area contributed by atoms with E-state index in [0.717, 1.165) is 5.56 Å². The van der Waals surface area contributed by atoms with Crippen LogP contribution in [-0.2, 0) is 15.0 Å². The van der Waals surface area contributed by atoms with Gasteiger partial charge in [0.1, 0.15) is 5.75 Å². The Labute approximate surface area is 131 Å². The molecule has 1 aromatic carbocycles. The van der Waals surface area contributed by atoms with Gasteiger partial charge in [-0.05, 0) is 36.5 Å². The quantitative estimate of drug-likeness (QED) is 0.759. The van der Waals surface area contributed by atoms with Gasteiger partial charge in [0.2, 0.25) is 0 Å². The lowest BCUT2D eigenvalue weighted by Gasteiger charge is -2.21. The average Bonchev–Trinajstić information content (AvgIpc) is 2.42. The molecule has 1 unspecified atom stereocenters. The maximum absolute atomic E-state index is 11.9. The van der Waals surface area contributed by atoms with Crippen LogP contribution in [0.25, 0.3) is 0 Å². The molecule has 1 aromatic rings. The third-order valence-electron chi connectivity index (χ3n) is 3.25. The highest BCUT2D eigenvalue weighted by atomic mass is 16.5. The number of amides is 1. The molecule has 5 heteroatoms. The lowest BCUT2D eigenvalue weighted by molar-refractivity contribution is -0.137. The zero-order chi connectivity index (χ0) is 16.8. The molecule has 0 spiro atoms. The van der Waals surface area contributed by atoms with E-state index >= 15 is 0 Å². The first-order chi connectivity index (χ1) is 10.2. The van der Waals surface area contributed by atoms with Crippen LogP contribution in [0.2, 0.25) is 0 Å². The number of aliphatic carboxylic acids is 1. The number of carboxylic acids is 1. The van der Waals surface area contributed by atoms with E-state index in [2.05, 4.69) is 26.1 Å². The summed E-state index contributed by atoms with van der Waals surface area (Å²) < 4.78 is 5.66. The van der Waals surface area contributed by atoms with Crippen LogP contribution < -0.4 is 10.1 Å². The van der Waals surface area contributed by atoms with Gasteiger partial charge in [-0.3, -0.25) is 9.59 Å². The Kier molecular flexibility index (Phi) is 6.40. The third-order valence-corrected chi connectivity index (χ3v) is 3.25. The summed E-state index contributed by atoms with van der Waals surface area (Å²) in [6.45, 7) is 8.36. The predicted molar refractivity (Wildman–Crippen MR) is 85.1 cm³/mol. The van der Waals surface area contributed by atoms with Crippen molar-refractivity contribution in [1.29, 1.82) is 0 Å². The van der Waals surface area contributed by atoms with E-state index in [1.807, 2.05) is 24.3 Å². The normalized spacial score (nSPS) is 12.5. The van der Waals surface area contributed by atoms with Crippen molar-refractivity contribution < 1.29 is 19.4 Å². The van der Waals surface area contributed by atoms with Crippen molar-refractivity contribution in [2.45, 2.75) is 52.1 Å². The number of benzene rings is 1. The van der Waals surface area contributed by atoms with Gasteiger partial charge in [-0.15, -0.1) is 0 Å². The van der Waals surface area contributed by atoms with E-state index in [9.17, 15) is 9.59 Å². The molecule has 1 amide bonds. The highest BCUT2D eigenvalue weighted by molar-refractivity contribution is 5.80. The molecule has 0 aliphatic carbocycles. The van der Waals surface area contributed by atoms with Gasteiger partial charge in [0.15, 0.2) is 6.10 Å². The number of hydrogen-bond acceptors (Lipinski definition) is 3. The highest BCUT2D eigenvalue weighted by Crippen LogP contribution is 2.26. The van der Waals surface area contributed by atoms with E-state index in [1.54, 1.807) is 6.92 Å². The minimum absolute atomic E-state index is 0.0156. The molecule has 0 fully saturated rings. The predicted octanol–water partition coefficient (Wildman–Crippen LogP) is 2.73. The van der Waals surface area contributed by atoms with Gasteiger partial charge < -0.3 is 15.2 Å². The SMILES string of the molecule is CC(Oc1cccc(C(C)(C)C)c1)C(=O)NCCCC(=O)O. The molecule has 0 radical (unpaired) electrons. The Balaban J connectivity index is 2.52. The van der Waals surface area contributed by atoms with Crippen molar-refractivity contribution in [3.05, 3.63) is 29.8 Å². The molecule has 0 heterocycles. The Morgan fingerprint density at radius 1 is 1.32 bits per heavy atom. The molecule has 0 aromatic heterocycles. The van der Waals surface area contributed by atoms with Crippen LogP contribution in [0.1, 0.15) is 46.1 Å². The first-order valence-corrected chi connectivity index (χ1v) is 7.47. The van der Waals surface area contributed by atoms with Crippen molar-refractivity contribution >= 4 is 11.9 Å². The Hall–Kier alpha value is -2.04. The standard InChI is InChI=1S/C17H25NO4/c1-12(16(21)18-10-6-9-15(19)20)22-14-8-5-7-13(11-14)17(2,3)4/h5,7-8,11-12H,6,9-10H2,1-4H3,(H,18,21)(H,19,20). The molecular formula is C17H25NO4. The second-order valence-corrected chi connectivity index (χ2v) is 6.33. The van der Waals surface area contributed by atoms with Crippen LogP contribution in [0.5, 0.6) is 5.75 Å². The van der Waals surface area contributed by atoms with Crippen LogP contribution in [0.3, 0.4) is 0 Å². The lowest BCUT2D eigenvalue weighted by Crippen LogP contribution is -2.37. The number of ether oxygens (including phenoxy) is 1. The molecule has 22 heavy (non-hydrogen) atoms. The van der Waals surface area contributed by atoms with E-state index in [1.165, 1.54) is 0 Å². The molecule has 1 atom stereocenters. The smallest absolute Gasteiger partial charge is 0.303 e. The number of rotatable bonds is 7. The molecule has 0 aliphatic rings. The van der Waals surface area contributed by atoms with E-state index in [0.29, 0.717) is 18.7 Å². The van der Waals surface area contributed by atoms with Gasteiger partial charge in [0.05, 0.1) is 0 Å². The minimum Gasteiger partial charge on any atom is -0.481 e. The summed E-state index contributed by atoms with van der Waals surface area (Å²) >= 11 is 0. The molecular weight excluding hydrogens is 282 g/mol. The van der Waals surface area contributed by atoms with Crippen molar-refractivity contribution in [2.24, 2.45) is 0 Å². The Morgan fingerprint density at radius 3 is 2.59 bits per heavy atom. The molecule has 0 bridgehead atoms. The van der Waals surface area contributed by atoms with Crippen LogP contribution in [0, 0.1) is 0 Å². The van der Waals surface area contributed by atoms with Crippen LogP contribution >= 0.6 is 0 Å². The zero-order valence-electron chi connectivity index (χ0n) is 13.7. The molecule has 122 valence electrons. The van der Waals surface area contributed by atoms with Crippen LogP contribution in [0.15, 0.2) is 24.3 Å². The average molecular weight is 307 g/mol. The van der Waals surface area contributed by atoms with Crippen molar-refractivity contribution in [1.82, 2.24) is 5.32 Å². The van der Waals surface area contributed by atoms with Gasteiger partial charge >= 0.3 is 5.97 Å². The first-order valence-electron chi connectivity index (χ1n) is 7.47. The number of carbonyl (C=O) groups excluding carboxylic acids is 1. The van der Waals surface area contributed by atoms with Gasteiger partial charge in [-0.1, -0.05) is 32.9 Å². The Morgan fingerprint density at radius 2 is 2.00 bits per heavy atom. The fourth-order valence-electron chi connectivity index (χ4n) is 1.89. The summed E-state index contributed by atoms with van der Waals surface area (Å²) in [5.41, 5.74) is 1.15. The first kappa shape index (κ1) is 18.0. The lowest BCUT2D eigenvalue weighted by atomic mass is 9.87. The van der Waals surface area contributed by atoms with E-state index < -0.39 is 12.1 Å². The summed E-state index contributed by atoms with van der Waals surface area (Å²) in [5.74, 6) is -0.454. The summed E-state index contributed by atoms with van der Waals surface area (Å²) in [5, 5.41) is 11.2. The number of hydrogen-bond donors (Lipinski definition) is 2. The largest absolute Gasteiger partial charge is 0.481 e. The number of nitrogens with one attached hydrogen (secondary N) is 1. The fourth-order valence-corrected chi connectivity index (χ4v) is 1.89. The maximum Gasteiger partial charge on any atom is 0.303 e. The fraction of sp³-hybridized carbons (Fsp3) is 0.529. The minimum atomic E-state index is -0.863. The molecule has 1 rings (SSSR count). The second kappa shape index (κ2) is 7.82. The highest BCUT2D eigenvalue weighted by Gasteiger charge is 2.17. The Bertz CT molecular complexity index is 520.